The van der Waals surface area contributed by atoms with Crippen molar-refractivity contribution >= 4 is 0 Å². The molecule has 2 N–H and O–H groups in total. The first-order chi connectivity index (χ1) is 8.22. The molecule has 1 saturated carbocycles. The van der Waals surface area contributed by atoms with E-state index >= 15 is 0 Å². The van der Waals surface area contributed by atoms with Gasteiger partial charge in [-0.05, 0) is 66.7 Å². The molecule has 0 radical (unpaired) electrons. The van der Waals surface area contributed by atoms with E-state index in [4.69, 9.17) is 0 Å². The Hall–Kier alpha value is -0.0800. The lowest BCUT2D eigenvalue weighted by Crippen LogP contribution is -2.46. The number of hydrogen-bond acceptors (Lipinski definition) is 2. The van der Waals surface area contributed by atoms with E-state index in [0.717, 1.165) is 0 Å². The van der Waals surface area contributed by atoms with Crippen molar-refractivity contribution in [3.63, 3.8) is 0 Å². The Balaban J connectivity index is 2.42. The Morgan fingerprint density at radius 2 is 1.33 bits per heavy atom. The Bertz CT molecular complexity index is 240. The van der Waals surface area contributed by atoms with E-state index in [1.54, 1.807) is 0 Å². The first-order valence-electron chi connectivity index (χ1n) is 7.77. The summed E-state index contributed by atoms with van der Waals surface area (Å²) < 4.78 is 0. The van der Waals surface area contributed by atoms with Crippen molar-refractivity contribution in [3.05, 3.63) is 0 Å². The molecule has 0 aromatic carbocycles. The standard InChI is InChI=1S/C16H34N2/c1-7-16(5,6)18-14-10-8-9-13(11-12-14)17-15(2,3)4/h13-14,17-18H,7-12H2,1-6H3. The molecule has 2 atom stereocenters. The Morgan fingerprint density at radius 1 is 0.833 bits per heavy atom. The summed E-state index contributed by atoms with van der Waals surface area (Å²) in [5, 5.41) is 7.61. The van der Waals surface area contributed by atoms with Crippen LogP contribution in [0.2, 0.25) is 0 Å². The molecule has 108 valence electrons. The summed E-state index contributed by atoms with van der Waals surface area (Å²) in [4.78, 5) is 0. The van der Waals surface area contributed by atoms with Crippen LogP contribution in [0.1, 0.15) is 80.1 Å². The van der Waals surface area contributed by atoms with Gasteiger partial charge in [0.2, 0.25) is 0 Å². The zero-order valence-corrected chi connectivity index (χ0v) is 13.4. The maximum Gasteiger partial charge on any atom is 0.0125 e. The molecule has 1 rings (SSSR count). The number of rotatable bonds is 4. The molecule has 2 heteroatoms. The highest BCUT2D eigenvalue weighted by Gasteiger charge is 2.25. The van der Waals surface area contributed by atoms with Crippen LogP contribution in [0.15, 0.2) is 0 Å². The Kier molecular flexibility index (Phi) is 5.67. The molecule has 0 heterocycles. The molecule has 2 unspecified atom stereocenters. The van der Waals surface area contributed by atoms with Gasteiger partial charge in [-0.3, -0.25) is 0 Å². The SMILES string of the molecule is CCC(C)(C)NC1CCCC(NC(C)(C)C)CC1. The molecule has 0 spiro atoms. The van der Waals surface area contributed by atoms with Crippen molar-refractivity contribution in [2.24, 2.45) is 0 Å². The number of nitrogens with one attached hydrogen (secondary N) is 2. The average Bonchev–Trinajstić information content (AvgIpc) is 2.41. The van der Waals surface area contributed by atoms with Gasteiger partial charge in [-0.25, -0.2) is 0 Å². The molecule has 1 aliphatic carbocycles. The molecular formula is C16H34N2. The van der Waals surface area contributed by atoms with Gasteiger partial charge in [0.25, 0.3) is 0 Å². The molecule has 0 aromatic rings. The first-order valence-corrected chi connectivity index (χ1v) is 7.77. The molecule has 0 saturated heterocycles. The van der Waals surface area contributed by atoms with Crippen LogP contribution < -0.4 is 10.6 Å². The highest BCUT2D eigenvalue weighted by atomic mass is 15.0. The minimum absolute atomic E-state index is 0.251. The van der Waals surface area contributed by atoms with Crippen molar-refractivity contribution in [2.75, 3.05) is 0 Å². The third-order valence-electron chi connectivity index (χ3n) is 4.08. The lowest BCUT2D eigenvalue weighted by Gasteiger charge is -2.31. The maximum absolute atomic E-state index is 3.84. The molecule has 0 aromatic heterocycles. The molecule has 2 nitrogen and oxygen atoms in total. The summed E-state index contributed by atoms with van der Waals surface area (Å²) in [5.41, 5.74) is 0.544. The van der Waals surface area contributed by atoms with Gasteiger partial charge in [-0.2, -0.15) is 0 Å². The van der Waals surface area contributed by atoms with Crippen LogP contribution in [0.4, 0.5) is 0 Å². The predicted octanol–water partition coefficient (Wildman–Crippen LogP) is 3.85. The quantitative estimate of drug-likeness (QED) is 0.745. The van der Waals surface area contributed by atoms with Gasteiger partial charge in [0.15, 0.2) is 0 Å². The van der Waals surface area contributed by atoms with E-state index in [9.17, 15) is 0 Å². The van der Waals surface area contributed by atoms with Crippen LogP contribution in [0.25, 0.3) is 0 Å². The van der Waals surface area contributed by atoms with Crippen molar-refractivity contribution in [2.45, 2.75) is 103 Å². The molecule has 0 aliphatic heterocycles. The normalized spacial score (nSPS) is 27.0. The van der Waals surface area contributed by atoms with Gasteiger partial charge in [-0.15, -0.1) is 0 Å². The van der Waals surface area contributed by atoms with Gasteiger partial charge in [0.05, 0.1) is 0 Å². The fourth-order valence-electron chi connectivity index (χ4n) is 2.86. The number of hydrogen-bond donors (Lipinski definition) is 2. The third kappa shape index (κ3) is 6.19. The average molecular weight is 254 g/mol. The van der Waals surface area contributed by atoms with Gasteiger partial charge in [-0.1, -0.05) is 13.3 Å². The second-order valence-electron chi connectivity index (χ2n) is 7.68. The molecule has 1 fully saturated rings. The summed E-state index contributed by atoms with van der Waals surface area (Å²) in [6, 6.07) is 1.42. The van der Waals surface area contributed by atoms with Gasteiger partial charge in [0, 0.05) is 23.2 Å². The van der Waals surface area contributed by atoms with Gasteiger partial charge < -0.3 is 10.6 Å². The maximum atomic E-state index is 3.84. The summed E-state index contributed by atoms with van der Waals surface area (Å²) >= 11 is 0. The lowest BCUT2D eigenvalue weighted by atomic mass is 9.98. The smallest absolute Gasteiger partial charge is 0.0125 e. The Labute approximate surface area is 114 Å². The minimum atomic E-state index is 0.251. The largest absolute Gasteiger partial charge is 0.309 e. The van der Waals surface area contributed by atoms with Gasteiger partial charge in [0.1, 0.15) is 0 Å². The van der Waals surface area contributed by atoms with E-state index in [-0.39, 0.29) is 5.54 Å². The molecular weight excluding hydrogens is 220 g/mol. The van der Waals surface area contributed by atoms with E-state index < -0.39 is 0 Å². The summed E-state index contributed by atoms with van der Waals surface area (Å²) in [6.45, 7) is 13.7. The van der Waals surface area contributed by atoms with Crippen LogP contribution in [-0.2, 0) is 0 Å². The van der Waals surface area contributed by atoms with E-state index in [2.05, 4.69) is 52.2 Å². The minimum Gasteiger partial charge on any atom is -0.309 e. The Morgan fingerprint density at radius 3 is 1.78 bits per heavy atom. The molecule has 0 amide bonds. The summed E-state index contributed by atoms with van der Waals surface area (Å²) in [7, 11) is 0. The monoisotopic (exact) mass is 254 g/mol. The van der Waals surface area contributed by atoms with Crippen LogP contribution in [0, 0.1) is 0 Å². The fourth-order valence-corrected chi connectivity index (χ4v) is 2.86. The fraction of sp³-hybridized carbons (Fsp3) is 1.00. The highest BCUT2D eigenvalue weighted by molar-refractivity contribution is 4.86. The van der Waals surface area contributed by atoms with Crippen LogP contribution in [0.3, 0.4) is 0 Å². The van der Waals surface area contributed by atoms with Crippen LogP contribution >= 0.6 is 0 Å². The van der Waals surface area contributed by atoms with Gasteiger partial charge >= 0.3 is 0 Å². The molecule has 1 aliphatic rings. The van der Waals surface area contributed by atoms with E-state index in [1.807, 2.05) is 0 Å². The van der Waals surface area contributed by atoms with Crippen LogP contribution in [0.5, 0.6) is 0 Å². The first kappa shape index (κ1) is 16.0. The third-order valence-corrected chi connectivity index (χ3v) is 4.08. The highest BCUT2D eigenvalue weighted by Crippen LogP contribution is 2.22. The topological polar surface area (TPSA) is 24.1 Å². The van der Waals surface area contributed by atoms with E-state index in [1.165, 1.54) is 38.5 Å². The zero-order valence-electron chi connectivity index (χ0n) is 13.4. The van der Waals surface area contributed by atoms with Crippen molar-refractivity contribution in [3.8, 4) is 0 Å². The van der Waals surface area contributed by atoms with E-state index in [0.29, 0.717) is 17.6 Å². The van der Waals surface area contributed by atoms with Crippen molar-refractivity contribution in [1.29, 1.82) is 0 Å². The van der Waals surface area contributed by atoms with Crippen molar-refractivity contribution in [1.82, 2.24) is 10.6 Å². The van der Waals surface area contributed by atoms with Crippen LogP contribution in [-0.4, -0.2) is 23.2 Å². The predicted molar refractivity (Wildman–Crippen MR) is 81.1 cm³/mol. The molecule has 18 heavy (non-hydrogen) atoms. The second-order valence-corrected chi connectivity index (χ2v) is 7.68. The second kappa shape index (κ2) is 6.38. The summed E-state index contributed by atoms with van der Waals surface area (Å²) in [6.07, 6.45) is 7.86. The lowest BCUT2D eigenvalue weighted by molar-refractivity contribution is 0.298. The molecule has 0 bridgehead atoms. The summed E-state index contributed by atoms with van der Waals surface area (Å²) in [5.74, 6) is 0. The van der Waals surface area contributed by atoms with Crippen molar-refractivity contribution < 1.29 is 0 Å². The zero-order chi connectivity index (χ0) is 13.8.